The maximum absolute atomic E-state index is 13.5. The number of nitro benzene ring substituents is 2. The van der Waals surface area contributed by atoms with Gasteiger partial charge >= 0.3 is 0 Å². The number of hydrazone groups is 1. The van der Waals surface area contributed by atoms with Crippen LogP contribution in [0.2, 0.25) is 0 Å². The molecule has 0 saturated carbocycles. The van der Waals surface area contributed by atoms with Crippen LogP contribution in [0.1, 0.15) is 22.8 Å². The van der Waals surface area contributed by atoms with Crippen molar-refractivity contribution in [3.8, 4) is 5.75 Å². The number of carbonyl (C=O) groups is 1. The number of nitrogens with zero attached hydrogens (tertiary/aromatic N) is 5. The molecule has 0 bridgehead atoms. The molecule has 13 heteroatoms. The number of aromatic nitrogens is 1. The number of benzene rings is 3. The number of anilines is 1. The van der Waals surface area contributed by atoms with E-state index in [0.717, 1.165) is 32.4 Å². The van der Waals surface area contributed by atoms with E-state index >= 15 is 0 Å². The molecule has 1 aromatic heterocycles. The lowest BCUT2D eigenvalue weighted by molar-refractivity contribution is -0.394. The lowest BCUT2D eigenvalue weighted by atomic mass is 10.1. The van der Waals surface area contributed by atoms with Crippen LogP contribution in [-0.4, -0.2) is 33.6 Å². The third kappa shape index (κ3) is 5.53. The second-order valence-electron chi connectivity index (χ2n) is 7.22. The Morgan fingerprint density at radius 2 is 1.75 bits per heavy atom. The number of ether oxygens (including phenoxy) is 1. The summed E-state index contributed by atoms with van der Waals surface area (Å²) in [5.74, 6) is -0.148. The van der Waals surface area contributed by atoms with Crippen molar-refractivity contribution < 1.29 is 19.4 Å². The molecular weight excluding hydrogens is 554 g/mol. The van der Waals surface area contributed by atoms with Gasteiger partial charge in [0.25, 0.3) is 17.3 Å². The van der Waals surface area contributed by atoms with Gasteiger partial charge in [-0.2, -0.15) is 10.1 Å². The van der Waals surface area contributed by atoms with Gasteiger partial charge in [0, 0.05) is 16.6 Å². The normalized spacial score (nSPS) is 11.1. The molecule has 36 heavy (non-hydrogen) atoms. The highest BCUT2D eigenvalue weighted by Gasteiger charge is 2.26. The lowest BCUT2D eigenvalue weighted by Crippen LogP contribution is -2.25. The molecule has 1 heterocycles. The molecule has 0 aliphatic carbocycles. The Bertz CT molecular complexity index is 1470. The van der Waals surface area contributed by atoms with E-state index in [0.29, 0.717) is 23.4 Å². The number of carbonyl (C=O) groups excluding carboxylic acids is 1. The average Bonchev–Trinajstić information content (AvgIpc) is 3.27. The van der Waals surface area contributed by atoms with E-state index in [2.05, 4.69) is 26.0 Å². The fourth-order valence-electron chi connectivity index (χ4n) is 3.16. The number of halogens is 1. The van der Waals surface area contributed by atoms with Gasteiger partial charge in [-0.1, -0.05) is 27.3 Å². The Labute approximate surface area is 216 Å². The summed E-state index contributed by atoms with van der Waals surface area (Å²) in [7, 11) is 0. The Morgan fingerprint density at radius 1 is 1.08 bits per heavy atom. The van der Waals surface area contributed by atoms with Gasteiger partial charge in [0.05, 0.1) is 44.5 Å². The van der Waals surface area contributed by atoms with E-state index in [-0.39, 0.29) is 10.7 Å². The van der Waals surface area contributed by atoms with Gasteiger partial charge in [0.15, 0.2) is 0 Å². The van der Waals surface area contributed by atoms with Gasteiger partial charge in [-0.3, -0.25) is 25.0 Å². The van der Waals surface area contributed by atoms with Crippen molar-refractivity contribution in [1.82, 2.24) is 4.98 Å². The van der Waals surface area contributed by atoms with Gasteiger partial charge in [-0.15, -0.1) is 0 Å². The highest BCUT2D eigenvalue weighted by Crippen LogP contribution is 2.33. The van der Waals surface area contributed by atoms with E-state index in [1.54, 1.807) is 36.4 Å². The minimum atomic E-state index is -0.817. The average molecular weight is 570 g/mol. The zero-order chi connectivity index (χ0) is 25.8. The maximum Gasteiger partial charge on any atom is 0.281 e. The summed E-state index contributed by atoms with van der Waals surface area (Å²) in [6.07, 6.45) is 1.42. The number of amides is 1. The van der Waals surface area contributed by atoms with Gasteiger partial charge in [-0.25, -0.2) is 4.98 Å². The molecule has 0 radical (unpaired) electrons. The molecule has 0 saturated heterocycles. The number of thiazole rings is 1. The first-order chi connectivity index (χ1) is 17.2. The van der Waals surface area contributed by atoms with Gasteiger partial charge in [0.1, 0.15) is 5.75 Å². The fraction of sp³-hybridized carbons (Fsp3) is 0.0870. The molecule has 4 aromatic rings. The molecule has 0 fully saturated rings. The van der Waals surface area contributed by atoms with Gasteiger partial charge in [0.2, 0.25) is 5.13 Å². The monoisotopic (exact) mass is 569 g/mol. The molecule has 3 aromatic carbocycles. The first kappa shape index (κ1) is 24.9. The summed E-state index contributed by atoms with van der Waals surface area (Å²) >= 11 is 4.57. The summed E-state index contributed by atoms with van der Waals surface area (Å²) < 4.78 is 7.00. The number of hydrogen-bond acceptors (Lipinski definition) is 9. The zero-order valence-electron chi connectivity index (χ0n) is 18.5. The molecule has 4 rings (SSSR count). The number of rotatable bonds is 8. The van der Waals surface area contributed by atoms with Crippen LogP contribution in [0.15, 0.2) is 70.2 Å². The second kappa shape index (κ2) is 10.6. The van der Waals surface area contributed by atoms with Crippen molar-refractivity contribution in [2.75, 3.05) is 11.6 Å². The van der Waals surface area contributed by atoms with Crippen LogP contribution < -0.4 is 9.75 Å². The predicted octanol–water partition coefficient (Wildman–Crippen LogP) is 5.95. The van der Waals surface area contributed by atoms with E-state index < -0.39 is 27.1 Å². The third-order valence-corrected chi connectivity index (χ3v) is 6.28. The summed E-state index contributed by atoms with van der Waals surface area (Å²) in [5.41, 5.74) is -0.199. The minimum absolute atomic E-state index is 0.185. The lowest BCUT2D eigenvalue weighted by Gasteiger charge is -2.14. The molecule has 0 atom stereocenters. The van der Waals surface area contributed by atoms with Crippen LogP contribution in [0.4, 0.5) is 16.5 Å². The Balaban J connectivity index is 1.79. The SMILES string of the molecule is CCOc1ccc(/C=N/N(C(=O)c2cc([N+](=O)[O-])cc([N+](=O)[O-])c2)c2nc3ccc(Br)cc3s2)cc1. The Morgan fingerprint density at radius 3 is 2.36 bits per heavy atom. The van der Waals surface area contributed by atoms with E-state index in [1.807, 2.05) is 13.0 Å². The van der Waals surface area contributed by atoms with Gasteiger partial charge < -0.3 is 4.74 Å². The van der Waals surface area contributed by atoms with Gasteiger partial charge in [-0.05, 0) is 55.0 Å². The molecule has 11 nitrogen and oxygen atoms in total. The molecule has 0 unspecified atom stereocenters. The summed E-state index contributed by atoms with van der Waals surface area (Å²) in [4.78, 5) is 39.0. The minimum Gasteiger partial charge on any atom is -0.494 e. The number of hydrogen-bond donors (Lipinski definition) is 0. The number of nitro groups is 2. The fourth-order valence-corrected chi connectivity index (χ4v) is 4.63. The van der Waals surface area contributed by atoms with Crippen molar-refractivity contribution in [3.05, 3.63) is 96.5 Å². The van der Waals surface area contributed by atoms with Crippen molar-refractivity contribution in [2.45, 2.75) is 6.92 Å². The molecule has 182 valence electrons. The van der Waals surface area contributed by atoms with E-state index in [4.69, 9.17) is 4.74 Å². The zero-order valence-corrected chi connectivity index (χ0v) is 20.9. The van der Waals surface area contributed by atoms with E-state index in [9.17, 15) is 25.0 Å². The van der Waals surface area contributed by atoms with Crippen molar-refractivity contribution in [1.29, 1.82) is 0 Å². The predicted molar refractivity (Wildman–Crippen MR) is 139 cm³/mol. The number of fused-ring (bicyclic) bond motifs is 1. The molecule has 0 aliphatic rings. The van der Waals surface area contributed by atoms with Crippen molar-refractivity contribution in [2.24, 2.45) is 5.10 Å². The van der Waals surface area contributed by atoms with Crippen LogP contribution in [0.25, 0.3) is 10.2 Å². The van der Waals surface area contributed by atoms with Crippen molar-refractivity contribution >= 4 is 66.1 Å². The standard InChI is InChI=1S/C23H16BrN5O6S/c1-2-35-19-6-3-14(4-7-19)13-25-27(23-26-20-8-5-16(24)11-21(20)36-23)22(30)15-9-17(28(31)32)12-18(10-15)29(33)34/h3-13H,2H2,1H3/b25-13+. The number of non-ortho nitro benzene ring substituents is 2. The first-order valence-corrected chi connectivity index (χ1v) is 12.0. The topological polar surface area (TPSA) is 141 Å². The van der Waals surface area contributed by atoms with Crippen LogP contribution in [0, 0.1) is 20.2 Å². The molecular formula is C23H16BrN5O6S. The van der Waals surface area contributed by atoms with Crippen LogP contribution in [0.3, 0.4) is 0 Å². The maximum atomic E-state index is 13.5. The quantitative estimate of drug-likeness (QED) is 0.145. The largest absolute Gasteiger partial charge is 0.494 e. The first-order valence-electron chi connectivity index (χ1n) is 10.4. The molecule has 0 N–H and O–H groups in total. The Hall–Kier alpha value is -4.23. The van der Waals surface area contributed by atoms with Crippen LogP contribution in [0.5, 0.6) is 5.75 Å². The van der Waals surface area contributed by atoms with Crippen molar-refractivity contribution in [3.63, 3.8) is 0 Å². The molecule has 0 aliphatic heterocycles. The molecule has 1 amide bonds. The summed E-state index contributed by atoms with van der Waals surface area (Å²) in [5, 5.41) is 28.1. The smallest absolute Gasteiger partial charge is 0.281 e. The van der Waals surface area contributed by atoms with Crippen LogP contribution in [-0.2, 0) is 0 Å². The Kier molecular flexibility index (Phi) is 7.31. The highest BCUT2D eigenvalue weighted by atomic mass is 79.9. The van der Waals surface area contributed by atoms with Crippen LogP contribution >= 0.6 is 27.3 Å². The third-order valence-electron chi connectivity index (χ3n) is 4.80. The summed E-state index contributed by atoms with van der Waals surface area (Å²) in [6.45, 7) is 2.38. The molecule has 0 spiro atoms. The van der Waals surface area contributed by atoms with E-state index in [1.165, 1.54) is 17.6 Å². The second-order valence-corrected chi connectivity index (χ2v) is 9.15. The summed E-state index contributed by atoms with van der Waals surface area (Å²) in [6, 6.07) is 15.1. The highest BCUT2D eigenvalue weighted by molar-refractivity contribution is 9.10.